The number of hydrogen-bond donors (Lipinski definition) is 3. The third-order valence-corrected chi connectivity index (χ3v) is 3.42. The van der Waals surface area contributed by atoms with Gasteiger partial charge in [-0.3, -0.25) is 20.5 Å². The van der Waals surface area contributed by atoms with Crippen molar-refractivity contribution in [3.05, 3.63) is 24.4 Å². The van der Waals surface area contributed by atoms with E-state index in [0.717, 1.165) is 6.54 Å². The number of β-amino-alcohol motifs (C(OH)–C–C–N with tert-alkyl or cyclic N) is 1. The van der Waals surface area contributed by atoms with Crippen LogP contribution in [0, 0.1) is 0 Å². The minimum absolute atomic E-state index is 0.140. The van der Waals surface area contributed by atoms with E-state index in [1.807, 2.05) is 31.1 Å². The van der Waals surface area contributed by atoms with Gasteiger partial charge in [0, 0.05) is 25.3 Å². The Balaban J connectivity index is 1.80. The van der Waals surface area contributed by atoms with Gasteiger partial charge in [0.1, 0.15) is 5.82 Å². The maximum absolute atomic E-state index is 12.0. The van der Waals surface area contributed by atoms with Crippen molar-refractivity contribution in [2.45, 2.75) is 18.6 Å². The number of likely N-dealkylation sites (N-methyl/N-ethyl adjacent to an activating group) is 1. The standard InChI is InChI=1S/C14H23N5O2/c1-18(2)8-11-7-12(20)9-19(11)10-14(21)17-16-13-5-3-4-6-15-13/h3-6,11-12,20H,7-10H2,1-2H3,(H,15,16)(H,17,21). The second kappa shape index (κ2) is 7.35. The first kappa shape index (κ1) is 15.7. The van der Waals surface area contributed by atoms with Gasteiger partial charge in [-0.15, -0.1) is 0 Å². The summed E-state index contributed by atoms with van der Waals surface area (Å²) in [6.07, 6.45) is 2.00. The quantitative estimate of drug-likeness (QED) is 0.615. The van der Waals surface area contributed by atoms with Gasteiger partial charge in [0.05, 0.1) is 12.6 Å². The molecule has 0 saturated carbocycles. The van der Waals surface area contributed by atoms with Crippen molar-refractivity contribution in [1.29, 1.82) is 0 Å². The highest BCUT2D eigenvalue weighted by atomic mass is 16.3. The lowest BCUT2D eigenvalue weighted by Crippen LogP contribution is -2.44. The highest BCUT2D eigenvalue weighted by molar-refractivity contribution is 5.79. The second-order valence-electron chi connectivity index (χ2n) is 5.62. The Morgan fingerprint density at radius 2 is 2.33 bits per heavy atom. The number of carbonyl (C=O) groups is 1. The average Bonchev–Trinajstić information content (AvgIpc) is 2.76. The first-order chi connectivity index (χ1) is 10.0. The van der Waals surface area contributed by atoms with Gasteiger partial charge in [-0.25, -0.2) is 4.98 Å². The molecule has 1 fully saturated rings. The molecule has 7 heteroatoms. The zero-order valence-electron chi connectivity index (χ0n) is 12.5. The number of aliphatic hydroxyl groups excluding tert-OH is 1. The molecule has 0 aliphatic carbocycles. The van der Waals surface area contributed by atoms with Crippen LogP contribution in [-0.4, -0.2) is 71.7 Å². The fourth-order valence-electron chi connectivity index (χ4n) is 2.56. The van der Waals surface area contributed by atoms with Crippen LogP contribution in [0.15, 0.2) is 24.4 Å². The molecule has 1 aromatic heterocycles. The van der Waals surface area contributed by atoms with Gasteiger partial charge in [-0.2, -0.15) is 0 Å². The molecule has 0 spiro atoms. The number of pyridine rings is 1. The molecule has 1 aliphatic rings. The van der Waals surface area contributed by atoms with Crippen molar-refractivity contribution in [3.8, 4) is 0 Å². The van der Waals surface area contributed by atoms with Crippen molar-refractivity contribution in [3.63, 3.8) is 0 Å². The number of amides is 1. The molecule has 116 valence electrons. The van der Waals surface area contributed by atoms with Gasteiger partial charge < -0.3 is 10.0 Å². The fraction of sp³-hybridized carbons (Fsp3) is 0.571. The third-order valence-electron chi connectivity index (χ3n) is 3.42. The number of hydrogen-bond acceptors (Lipinski definition) is 6. The smallest absolute Gasteiger partial charge is 0.252 e. The molecule has 3 N–H and O–H groups in total. The minimum atomic E-state index is -0.355. The van der Waals surface area contributed by atoms with E-state index in [0.29, 0.717) is 18.8 Å². The first-order valence-corrected chi connectivity index (χ1v) is 7.07. The monoisotopic (exact) mass is 293 g/mol. The van der Waals surface area contributed by atoms with Gasteiger partial charge in [-0.1, -0.05) is 6.07 Å². The highest BCUT2D eigenvalue weighted by Crippen LogP contribution is 2.17. The molecule has 2 rings (SSSR count). The molecular weight excluding hydrogens is 270 g/mol. The van der Waals surface area contributed by atoms with Crippen LogP contribution < -0.4 is 10.9 Å². The second-order valence-corrected chi connectivity index (χ2v) is 5.62. The van der Waals surface area contributed by atoms with Gasteiger partial charge in [0.15, 0.2) is 0 Å². The van der Waals surface area contributed by atoms with E-state index in [2.05, 4.69) is 20.7 Å². The maximum atomic E-state index is 12.0. The van der Waals surface area contributed by atoms with Gasteiger partial charge in [0.2, 0.25) is 0 Å². The summed E-state index contributed by atoms with van der Waals surface area (Å²) in [6, 6.07) is 5.63. The van der Waals surface area contributed by atoms with E-state index in [1.165, 1.54) is 0 Å². The molecule has 1 aliphatic heterocycles. The predicted octanol–water partition coefficient (Wildman–Crippen LogP) is -0.478. The van der Waals surface area contributed by atoms with Crippen molar-refractivity contribution in [2.75, 3.05) is 39.2 Å². The van der Waals surface area contributed by atoms with Gasteiger partial charge in [0.25, 0.3) is 5.91 Å². The number of aromatic nitrogens is 1. The number of nitrogens with zero attached hydrogens (tertiary/aromatic N) is 3. The maximum Gasteiger partial charge on any atom is 0.252 e. The Labute approximate surface area is 124 Å². The Morgan fingerprint density at radius 3 is 3.00 bits per heavy atom. The molecule has 1 amide bonds. The highest BCUT2D eigenvalue weighted by Gasteiger charge is 2.32. The zero-order valence-corrected chi connectivity index (χ0v) is 12.5. The van der Waals surface area contributed by atoms with Crippen molar-refractivity contribution >= 4 is 11.7 Å². The summed E-state index contributed by atoms with van der Waals surface area (Å²) in [4.78, 5) is 20.1. The topological polar surface area (TPSA) is 80.7 Å². The summed E-state index contributed by atoms with van der Waals surface area (Å²) in [7, 11) is 3.98. The molecular formula is C14H23N5O2. The van der Waals surface area contributed by atoms with Crippen LogP contribution in [0.4, 0.5) is 5.82 Å². The SMILES string of the molecule is CN(C)CC1CC(O)CN1CC(=O)NNc1ccccn1. The van der Waals surface area contributed by atoms with E-state index in [1.54, 1.807) is 12.3 Å². The summed E-state index contributed by atoms with van der Waals surface area (Å²) < 4.78 is 0. The van der Waals surface area contributed by atoms with Crippen molar-refractivity contribution in [2.24, 2.45) is 0 Å². The number of aliphatic hydroxyl groups is 1. The Kier molecular flexibility index (Phi) is 5.49. The molecule has 21 heavy (non-hydrogen) atoms. The lowest BCUT2D eigenvalue weighted by molar-refractivity contribution is -0.122. The summed E-state index contributed by atoms with van der Waals surface area (Å²) in [6.45, 7) is 1.63. The van der Waals surface area contributed by atoms with E-state index in [4.69, 9.17) is 0 Å². The lowest BCUT2D eigenvalue weighted by atomic mass is 10.2. The Morgan fingerprint density at radius 1 is 1.52 bits per heavy atom. The van der Waals surface area contributed by atoms with Gasteiger partial charge in [-0.05, 0) is 32.6 Å². The molecule has 0 bridgehead atoms. The van der Waals surface area contributed by atoms with Crippen LogP contribution in [0.25, 0.3) is 0 Å². The molecule has 1 aromatic rings. The first-order valence-electron chi connectivity index (χ1n) is 7.07. The van der Waals surface area contributed by atoms with Crippen LogP contribution in [0.2, 0.25) is 0 Å². The molecule has 2 unspecified atom stereocenters. The molecule has 0 radical (unpaired) electrons. The van der Waals surface area contributed by atoms with Crippen LogP contribution in [0.1, 0.15) is 6.42 Å². The van der Waals surface area contributed by atoms with Crippen LogP contribution in [0.5, 0.6) is 0 Å². The number of rotatable bonds is 6. The third kappa shape index (κ3) is 4.96. The summed E-state index contributed by atoms with van der Waals surface area (Å²) in [5, 5.41) is 9.79. The zero-order chi connectivity index (χ0) is 15.2. The summed E-state index contributed by atoms with van der Waals surface area (Å²) in [5.74, 6) is 0.454. The van der Waals surface area contributed by atoms with E-state index in [-0.39, 0.29) is 24.6 Å². The van der Waals surface area contributed by atoms with Crippen LogP contribution in [0.3, 0.4) is 0 Å². The van der Waals surface area contributed by atoms with Gasteiger partial charge >= 0.3 is 0 Å². The Hall–Kier alpha value is -1.70. The van der Waals surface area contributed by atoms with E-state index in [9.17, 15) is 9.90 Å². The molecule has 7 nitrogen and oxygen atoms in total. The summed E-state index contributed by atoms with van der Waals surface area (Å²) >= 11 is 0. The summed E-state index contributed by atoms with van der Waals surface area (Å²) in [5.41, 5.74) is 5.40. The Bertz CT molecular complexity index is 454. The predicted molar refractivity (Wildman–Crippen MR) is 80.5 cm³/mol. The molecule has 2 atom stereocenters. The minimum Gasteiger partial charge on any atom is -0.392 e. The molecule has 2 heterocycles. The van der Waals surface area contributed by atoms with Crippen molar-refractivity contribution < 1.29 is 9.90 Å². The van der Waals surface area contributed by atoms with Crippen LogP contribution in [-0.2, 0) is 4.79 Å². The van der Waals surface area contributed by atoms with Crippen LogP contribution >= 0.6 is 0 Å². The number of anilines is 1. The number of hydrazine groups is 1. The normalized spacial score (nSPS) is 22.5. The van der Waals surface area contributed by atoms with E-state index < -0.39 is 0 Å². The number of carbonyl (C=O) groups excluding carboxylic acids is 1. The van der Waals surface area contributed by atoms with Crippen molar-refractivity contribution in [1.82, 2.24) is 20.2 Å². The molecule has 1 saturated heterocycles. The average molecular weight is 293 g/mol. The number of likely N-dealkylation sites (tertiary alicyclic amines) is 1. The fourth-order valence-corrected chi connectivity index (χ4v) is 2.56. The largest absolute Gasteiger partial charge is 0.392 e. The molecule has 0 aromatic carbocycles. The lowest BCUT2D eigenvalue weighted by Gasteiger charge is -2.26. The number of nitrogens with one attached hydrogen (secondary N) is 2. The van der Waals surface area contributed by atoms with E-state index >= 15 is 0 Å².